The second kappa shape index (κ2) is 10.2. The van der Waals surface area contributed by atoms with Gasteiger partial charge >= 0.3 is 0 Å². The maximum atomic E-state index is 5.30. The molecule has 0 saturated carbocycles. The molecule has 0 unspecified atom stereocenters. The summed E-state index contributed by atoms with van der Waals surface area (Å²) in [7, 11) is 0. The van der Waals surface area contributed by atoms with Gasteiger partial charge in [0.1, 0.15) is 0 Å². The fourth-order valence-corrected chi connectivity index (χ4v) is 2.04. The first-order valence-corrected chi connectivity index (χ1v) is 7.78. The van der Waals surface area contributed by atoms with Crippen LogP contribution in [0.3, 0.4) is 0 Å². The summed E-state index contributed by atoms with van der Waals surface area (Å²) in [5, 5.41) is 10.9. The van der Waals surface area contributed by atoms with Crippen LogP contribution in [0.15, 0.2) is 11.1 Å². The van der Waals surface area contributed by atoms with Crippen LogP contribution < -0.4 is 10.6 Å². The van der Waals surface area contributed by atoms with E-state index in [-0.39, 0.29) is 0 Å². The van der Waals surface area contributed by atoms with Crippen LogP contribution in [0.4, 0.5) is 0 Å². The van der Waals surface area contributed by atoms with E-state index in [0.29, 0.717) is 6.61 Å². The number of aryl methyl sites for hydroxylation is 3. The Balaban J connectivity index is 2.31. The van der Waals surface area contributed by atoms with Crippen LogP contribution in [0.1, 0.15) is 31.7 Å². The third-order valence-electron chi connectivity index (χ3n) is 2.99. The lowest BCUT2D eigenvalue weighted by Crippen LogP contribution is -2.39. The molecule has 0 spiro atoms. The van der Waals surface area contributed by atoms with Crippen molar-refractivity contribution in [2.45, 2.75) is 40.7 Å². The van der Waals surface area contributed by atoms with Crippen molar-refractivity contribution >= 4 is 5.96 Å². The fourth-order valence-electron chi connectivity index (χ4n) is 2.04. The van der Waals surface area contributed by atoms with Crippen LogP contribution in [0.25, 0.3) is 0 Å². The van der Waals surface area contributed by atoms with Gasteiger partial charge in [-0.05, 0) is 40.2 Å². The number of rotatable bonds is 9. The SMILES string of the molecule is CCNC(=NCCCn1nc(C)cc1C)NCCOCC. The number of ether oxygens (including phenoxy) is 1. The molecule has 120 valence electrons. The summed E-state index contributed by atoms with van der Waals surface area (Å²) in [5.41, 5.74) is 2.28. The lowest BCUT2D eigenvalue weighted by molar-refractivity contribution is 0.152. The molecule has 6 nitrogen and oxygen atoms in total. The van der Waals surface area contributed by atoms with E-state index in [9.17, 15) is 0 Å². The molecule has 0 aliphatic heterocycles. The molecule has 0 aliphatic carbocycles. The normalized spacial score (nSPS) is 11.7. The van der Waals surface area contributed by atoms with Crippen LogP contribution in [0, 0.1) is 13.8 Å². The number of guanidine groups is 1. The second-order valence-corrected chi connectivity index (χ2v) is 4.89. The van der Waals surface area contributed by atoms with Gasteiger partial charge in [0.2, 0.25) is 0 Å². The van der Waals surface area contributed by atoms with Gasteiger partial charge in [-0.1, -0.05) is 0 Å². The lowest BCUT2D eigenvalue weighted by atomic mass is 10.4. The van der Waals surface area contributed by atoms with Gasteiger partial charge in [0.25, 0.3) is 0 Å². The minimum atomic E-state index is 0.701. The van der Waals surface area contributed by atoms with Gasteiger partial charge in [0.05, 0.1) is 12.3 Å². The molecule has 0 aromatic carbocycles. The highest BCUT2D eigenvalue weighted by Crippen LogP contribution is 2.02. The van der Waals surface area contributed by atoms with Crippen molar-refractivity contribution in [3.8, 4) is 0 Å². The summed E-state index contributed by atoms with van der Waals surface area (Å²) < 4.78 is 7.35. The van der Waals surface area contributed by atoms with E-state index < -0.39 is 0 Å². The molecule has 1 aromatic rings. The Morgan fingerprint density at radius 1 is 1.33 bits per heavy atom. The summed E-state index contributed by atoms with van der Waals surface area (Å²) in [5.74, 6) is 0.852. The standard InChI is InChI=1S/C15H29N5O/c1-5-16-15(18-9-11-21-6-2)17-8-7-10-20-14(4)12-13(3)19-20/h12H,5-11H2,1-4H3,(H2,16,17,18). The number of nitrogens with zero attached hydrogens (tertiary/aromatic N) is 3. The molecule has 1 heterocycles. The Morgan fingerprint density at radius 3 is 2.76 bits per heavy atom. The molecule has 6 heteroatoms. The van der Waals surface area contributed by atoms with E-state index in [1.807, 2.05) is 18.5 Å². The number of hydrogen-bond acceptors (Lipinski definition) is 3. The van der Waals surface area contributed by atoms with Crippen LogP contribution in [-0.4, -0.2) is 48.6 Å². The highest BCUT2D eigenvalue weighted by atomic mass is 16.5. The fraction of sp³-hybridized carbons (Fsp3) is 0.733. The minimum absolute atomic E-state index is 0.701. The van der Waals surface area contributed by atoms with Crippen molar-refractivity contribution in [3.05, 3.63) is 17.5 Å². The zero-order valence-corrected chi connectivity index (χ0v) is 13.8. The summed E-state index contributed by atoms with van der Waals surface area (Å²) in [6, 6.07) is 2.10. The Kier molecular flexibility index (Phi) is 8.50. The maximum absolute atomic E-state index is 5.30. The van der Waals surface area contributed by atoms with Crippen LogP contribution in [-0.2, 0) is 11.3 Å². The second-order valence-electron chi connectivity index (χ2n) is 4.89. The minimum Gasteiger partial charge on any atom is -0.380 e. The molecule has 0 bridgehead atoms. The zero-order valence-electron chi connectivity index (χ0n) is 13.8. The van der Waals surface area contributed by atoms with Crippen LogP contribution in [0.2, 0.25) is 0 Å². The number of nitrogens with one attached hydrogen (secondary N) is 2. The van der Waals surface area contributed by atoms with Gasteiger partial charge in [0.15, 0.2) is 5.96 Å². The molecule has 1 aromatic heterocycles. The van der Waals surface area contributed by atoms with Crippen LogP contribution in [0.5, 0.6) is 0 Å². The molecule has 0 saturated heterocycles. The summed E-state index contributed by atoms with van der Waals surface area (Å²) in [6.45, 7) is 12.9. The average Bonchev–Trinajstić information content (AvgIpc) is 2.77. The Bertz CT molecular complexity index is 428. The van der Waals surface area contributed by atoms with Crippen LogP contribution >= 0.6 is 0 Å². The van der Waals surface area contributed by atoms with E-state index in [4.69, 9.17) is 4.74 Å². The van der Waals surface area contributed by atoms with E-state index in [2.05, 4.69) is 40.6 Å². The van der Waals surface area contributed by atoms with Gasteiger partial charge in [-0.3, -0.25) is 9.67 Å². The summed E-state index contributed by atoms with van der Waals surface area (Å²) in [6.07, 6.45) is 0.976. The Labute approximate surface area is 128 Å². The number of aromatic nitrogens is 2. The molecule has 0 amide bonds. The van der Waals surface area contributed by atoms with E-state index in [0.717, 1.165) is 50.9 Å². The van der Waals surface area contributed by atoms with Crippen molar-refractivity contribution in [1.29, 1.82) is 0 Å². The predicted octanol–water partition coefficient (Wildman–Crippen LogP) is 1.48. The molecule has 1 rings (SSSR count). The molecule has 2 N–H and O–H groups in total. The molecule has 0 radical (unpaired) electrons. The molecular formula is C15H29N5O. The molecule has 0 fully saturated rings. The van der Waals surface area contributed by atoms with Gasteiger partial charge in [-0.15, -0.1) is 0 Å². The van der Waals surface area contributed by atoms with Crippen molar-refractivity contribution in [3.63, 3.8) is 0 Å². The smallest absolute Gasteiger partial charge is 0.191 e. The van der Waals surface area contributed by atoms with E-state index >= 15 is 0 Å². The molecular weight excluding hydrogens is 266 g/mol. The largest absolute Gasteiger partial charge is 0.380 e. The summed E-state index contributed by atoms with van der Waals surface area (Å²) in [4.78, 5) is 4.56. The topological polar surface area (TPSA) is 63.5 Å². The van der Waals surface area contributed by atoms with Crippen molar-refractivity contribution < 1.29 is 4.74 Å². The maximum Gasteiger partial charge on any atom is 0.191 e. The van der Waals surface area contributed by atoms with Crippen molar-refractivity contribution in [1.82, 2.24) is 20.4 Å². The van der Waals surface area contributed by atoms with Gasteiger partial charge < -0.3 is 15.4 Å². The molecule has 21 heavy (non-hydrogen) atoms. The molecule has 0 aliphatic rings. The number of hydrogen-bond donors (Lipinski definition) is 2. The monoisotopic (exact) mass is 295 g/mol. The highest BCUT2D eigenvalue weighted by Gasteiger charge is 2.00. The van der Waals surface area contributed by atoms with E-state index in [1.54, 1.807) is 0 Å². The van der Waals surface area contributed by atoms with E-state index in [1.165, 1.54) is 5.69 Å². The first kappa shape index (κ1) is 17.5. The predicted molar refractivity (Wildman–Crippen MR) is 86.8 cm³/mol. The first-order valence-electron chi connectivity index (χ1n) is 7.78. The van der Waals surface area contributed by atoms with Gasteiger partial charge in [-0.25, -0.2) is 0 Å². The summed E-state index contributed by atoms with van der Waals surface area (Å²) >= 11 is 0. The van der Waals surface area contributed by atoms with Gasteiger partial charge in [-0.2, -0.15) is 5.10 Å². The third kappa shape index (κ3) is 7.13. The quantitative estimate of drug-likeness (QED) is 0.411. The zero-order chi connectivity index (χ0) is 15.5. The first-order chi connectivity index (χ1) is 10.2. The highest BCUT2D eigenvalue weighted by molar-refractivity contribution is 5.79. The van der Waals surface area contributed by atoms with Gasteiger partial charge in [0, 0.05) is 38.5 Å². The third-order valence-corrected chi connectivity index (χ3v) is 2.99. The van der Waals surface area contributed by atoms with Crippen molar-refractivity contribution in [2.24, 2.45) is 4.99 Å². The lowest BCUT2D eigenvalue weighted by Gasteiger charge is -2.11. The Morgan fingerprint density at radius 2 is 2.14 bits per heavy atom. The van der Waals surface area contributed by atoms with Crippen molar-refractivity contribution in [2.75, 3.05) is 32.8 Å². The molecule has 0 atom stereocenters. The number of aliphatic imine (C=N–C) groups is 1. The Hall–Kier alpha value is -1.56. The average molecular weight is 295 g/mol.